The fraction of sp³-hybridized carbons (Fsp3) is 0.706. The van der Waals surface area contributed by atoms with E-state index in [-0.39, 0.29) is 18.2 Å². The first-order valence-electron chi connectivity index (χ1n) is 8.49. The molecule has 0 spiro atoms. The summed E-state index contributed by atoms with van der Waals surface area (Å²) in [7, 11) is 0. The Bertz CT molecular complexity index is 620. The summed E-state index contributed by atoms with van der Waals surface area (Å²) in [5.41, 5.74) is 0.675. The van der Waals surface area contributed by atoms with Crippen molar-refractivity contribution in [1.29, 1.82) is 0 Å². The Morgan fingerprint density at radius 2 is 1.96 bits per heavy atom. The van der Waals surface area contributed by atoms with Crippen LogP contribution in [0, 0.1) is 0 Å². The molecule has 0 unspecified atom stereocenters. The van der Waals surface area contributed by atoms with Crippen LogP contribution in [-0.2, 0) is 11.2 Å². The molecule has 0 aliphatic carbocycles. The molecule has 2 aliphatic rings. The van der Waals surface area contributed by atoms with Crippen molar-refractivity contribution in [1.82, 2.24) is 14.9 Å². The van der Waals surface area contributed by atoms with E-state index in [1.165, 1.54) is 4.90 Å². The van der Waals surface area contributed by atoms with Crippen LogP contribution in [0.4, 0.5) is 10.7 Å². The maximum atomic E-state index is 12.5. The van der Waals surface area contributed by atoms with Crippen molar-refractivity contribution in [2.75, 3.05) is 23.7 Å². The minimum Gasteiger partial charge on any atom is -0.444 e. The molecule has 0 aromatic carbocycles. The number of thioether (sulfide) groups is 1. The minimum absolute atomic E-state index is 0.0508. The molecule has 0 radical (unpaired) electrons. The van der Waals surface area contributed by atoms with Gasteiger partial charge in [-0.3, -0.25) is 4.90 Å². The zero-order valence-corrected chi connectivity index (χ0v) is 15.9. The largest absolute Gasteiger partial charge is 0.444 e. The molecule has 3 rings (SSSR count). The number of nitrogens with zero attached hydrogens (tertiary/aromatic N) is 4. The summed E-state index contributed by atoms with van der Waals surface area (Å²) >= 11 is 1.82. The molecule has 2 atom stereocenters. The Labute approximate surface area is 148 Å². The van der Waals surface area contributed by atoms with Gasteiger partial charge in [-0.2, -0.15) is 0 Å². The predicted molar refractivity (Wildman–Crippen MR) is 95.7 cm³/mol. The van der Waals surface area contributed by atoms with Crippen LogP contribution in [0.1, 0.15) is 40.3 Å². The lowest BCUT2D eigenvalue weighted by Crippen LogP contribution is -2.59. The minimum atomic E-state index is -0.478. The van der Waals surface area contributed by atoms with Crippen LogP contribution in [0.5, 0.6) is 0 Å². The molecule has 7 heteroatoms. The number of carbonyl (C=O) groups excluding carboxylic acids is 1. The second-order valence-electron chi connectivity index (χ2n) is 7.57. The smallest absolute Gasteiger partial charge is 0.410 e. The van der Waals surface area contributed by atoms with Gasteiger partial charge in [0.05, 0.1) is 17.8 Å². The number of carbonyl (C=O) groups is 1. The average molecular weight is 350 g/mol. The maximum Gasteiger partial charge on any atom is 0.410 e. The zero-order valence-electron chi connectivity index (χ0n) is 15.1. The van der Waals surface area contributed by atoms with Gasteiger partial charge in [-0.1, -0.05) is 0 Å². The summed E-state index contributed by atoms with van der Waals surface area (Å²) in [6.45, 7) is 11.2. The number of aryl methyl sites for hydroxylation is 1. The molecule has 1 amide bonds. The SMILES string of the molecule is C[C@@H]1CN(c2ncc3c(n2)CCS3)C[C@H](C)N1C(=O)OC(C)(C)C. The van der Waals surface area contributed by atoms with Crippen LogP contribution in [0.15, 0.2) is 11.1 Å². The second kappa shape index (κ2) is 6.43. The molecule has 0 N–H and O–H groups in total. The summed E-state index contributed by atoms with van der Waals surface area (Å²) in [5.74, 6) is 1.87. The highest BCUT2D eigenvalue weighted by atomic mass is 32.2. The first kappa shape index (κ1) is 17.3. The number of ether oxygens (including phenoxy) is 1. The molecule has 1 aromatic heterocycles. The Kier molecular flexibility index (Phi) is 4.64. The highest BCUT2D eigenvalue weighted by Crippen LogP contribution is 2.31. The number of hydrogen-bond donors (Lipinski definition) is 0. The standard InChI is InChI=1S/C17H26N4O2S/c1-11-9-20(15-18-8-14-13(19-15)6-7-24-14)10-12(2)21(11)16(22)23-17(3,4)5/h8,11-12H,6-7,9-10H2,1-5H3/t11-,12+. The second-order valence-corrected chi connectivity index (χ2v) is 8.71. The van der Waals surface area contributed by atoms with Crippen molar-refractivity contribution in [3.63, 3.8) is 0 Å². The summed E-state index contributed by atoms with van der Waals surface area (Å²) in [6, 6.07) is 0.102. The quantitative estimate of drug-likeness (QED) is 0.776. The lowest BCUT2D eigenvalue weighted by molar-refractivity contribution is 0.00554. The number of aromatic nitrogens is 2. The van der Waals surface area contributed by atoms with Crippen molar-refractivity contribution in [3.05, 3.63) is 11.9 Å². The molecule has 3 heterocycles. The number of anilines is 1. The normalized spacial score (nSPS) is 24.0. The Hall–Kier alpha value is -1.50. The molecule has 132 valence electrons. The third-order valence-corrected chi connectivity index (χ3v) is 5.28. The van der Waals surface area contributed by atoms with E-state index in [2.05, 4.69) is 23.7 Å². The number of rotatable bonds is 1. The Morgan fingerprint density at radius 3 is 2.58 bits per heavy atom. The lowest BCUT2D eigenvalue weighted by Gasteiger charge is -2.44. The first-order valence-corrected chi connectivity index (χ1v) is 9.48. The van der Waals surface area contributed by atoms with Gasteiger partial charge >= 0.3 is 6.09 Å². The zero-order chi connectivity index (χ0) is 17.5. The molecule has 24 heavy (non-hydrogen) atoms. The van der Waals surface area contributed by atoms with E-state index in [1.54, 1.807) is 0 Å². The first-order chi connectivity index (χ1) is 11.2. The van der Waals surface area contributed by atoms with Crippen LogP contribution in [0.25, 0.3) is 0 Å². The highest BCUT2D eigenvalue weighted by Gasteiger charge is 2.36. The van der Waals surface area contributed by atoms with Crippen LogP contribution < -0.4 is 4.90 Å². The van der Waals surface area contributed by atoms with E-state index >= 15 is 0 Å². The van der Waals surface area contributed by atoms with Gasteiger partial charge in [0.2, 0.25) is 5.95 Å². The third-order valence-electron chi connectivity index (χ3n) is 4.22. The number of fused-ring (bicyclic) bond motifs is 1. The lowest BCUT2D eigenvalue weighted by atomic mass is 10.1. The topological polar surface area (TPSA) is 58.6 Å². The Balaban J connectivity index is 1.72. The van der Waals surface area contributed by atoms with Gasteiger partial charge in [-0.25, -0.2) is 14.8 Å². The van der Waals surface area contributed by atoms with Gasteiger partial charge in [0.15, 0.2) is 0 Å². The summed E-state index contributed by atoms with van der Waals surface area (Å²) < 4.78 is 5.55. The van der Waals surface area contributed by atoms with Crippen LogP contribution in [-0.4, -0.2) is 57.5 Å². The van der Waals surface area contributed by atoms with E-state index < -0.39 is 5.60 Å². The summed E-state index contributed by atoms with van der Waals surface area (Å²) in [6.07, 6.45) is 2.71. The van der Waals surface area contributed by atoms with E-state index in [4.69, 9.17) is 9.72 Å². The molecule has 1 saturated heterocycles. The Morgan fingerprint density at radius 1 is 1.29 bits per heavy atom. The molecule has 1 aromatic rings. The van der Waals surface area contributed by atoms with Crippen LogP contribution in [0.2, 0.25) is 0 Å². The van der Waals surface area contributed by atoms with Crippen molar-refractivity contribution >= 4 is 23.8 Å². The monoisotopic (exact) mass is 350 g/mol. The number of piperazine rings is 1. The number of hydrogen-bond acceptors (Lipinski definition) is 6. The molecule has 1 fully saturated rings. The van der Waals surface area contributed by atoms with E-state index in [9.17, 15) is 4.79 Å². The molecule has 0 bridgehead atoms. The van der Waals surface area contributed by atoms with Crippen molar-refractivity contribution in [2.45, 2.75) is 63.6 Å². The van der Waals surface area contributed by atoms with Crippen LogP contribution in [0.3, 0.4) is 0 Å². The van der Waals surface area contributed by atoms with E-state index in [0.717, 1.165) is 36.9 Å². The summed E-state index contributed by atoms with van der Waals surface area (Å²) in [4.78, 5) is 27.0. The molecule has 2 aliphatic heterocycles. The van der Waals surface area contributed by atoms with Crippen molar-refractivity contribution in [3.8, 4) is 0 Å². The maximum absolute atomic E-state index is 12.5. The van der Waals surface area contributed by atoms with Crippen LogP contribution >= 0.6 is 11.8 Å². The fourth-order valence-electron chi connectivity index (χ4n) is 3.27. The van der Waals surface area contributed by atoms with Gasteiger partial charge in [0.1, 0.15) is 5.60 Å². The molecule has 0 saturated carbocycles. The average Bonchev–Trinajstić information content (AvgIpc) is 2.91. The van der Waals surface area contributed by atoms with Gasteiger partial charge in [0, 0.05) is 36.4 Å². The van der Waals surface area contributed by atoms with Gasteiger partial charge in [-0.15, -0.1) is 11.8 Å². The van der Waals surface area contributed by atoms with Crippen molar-refractivity contribution < 1.29 is 9.53 Å². The van der Waals surface area contributed by atoms with E-state index in [0.29, 0.717) is 0 Å². The van der Waals surface area contributed by atoms with Crippen molar-refractivity contribution in [2.24, 2.45) is 0 Å². The summed E-state index contributed by atoms with van der Waals surface area (Å²) in [5, 5.41) is 0. The number of amides is 1. The van der Waals surface area contributed by atoms with Gasteiger partial charge in [0.25, 0.3) is 0 Å². The highest BCUT2D eigenvalue weighted by molar-refractivity contribution is 7.99. The molecular weight excluding hydrogens is 324 g/mol. The van der Waals surface area contributed by atoms with Gasteiger partial charge in [-0.05, 0) is 34.6 Å². The third kappa shape index (κ3) is 3.61. The van der Waals surface area contributed by atoms with Gasteiger partial charge < -0.3 is 9.64 Å². The van der Waals surface area contributed by atoms with E-state index in [1.807, 2.05) is 43.6 Å². The predicted octanol–water partition coefficient (Wildman–Crippen LogP) is 2.96. The fourth-order valence-corrected chi connectivity index (χ4v) is 4.22. The molecular formula is C17H26N4O2S. The molecule has 6 nitrogen and oxygen atoms in total.